The zero-order chi connectivity index (χ0) is 6.57. The molecule has 0 aliphatic heterocycles. The van der Waals surface area contributed by atoms with Crippen LogP contribution in [0.4, 0.5) is 0 Å². The average Bonchev–Trinajstić information content (AvgIpc) is 1.67. The minimum atomic E-state index is -1.02. The van der Waals surface area contributed by atoms with Gasteiger partial charge in [0.2, 0.25) is 0 Å². The summed E-state index contributed by atoms with van der Waals surface area (Å²) in [6, 6.07) is 0. The van der Waals surface area contributed by atoms with Crippen LogP contribution in [0.15, 0.2) is 0 Å². The van der Waals surface area contributed by atoms with Crippen LogP contribution in [0.5, 0.6) is 0 Å². The lowest BCUT2D eigenvalue weighted by Gasteiger charge is -2.00. The average molecular weight is 117 g/mol. The minimum Gasteiger partial charge on any atom is -0.457 e. The Bertz CT molecular complexity index is 77.7. The first-order chi connectivity index (χ1) is 3.68. The summed E-state index contributed by atoms with van der Waals surface area (Å²) in [5.41, 5.74) is 0. The van der Waals surface area contributed by atoms with Crippen molar-refractivity contribution in [3.8, 4) is 0 Å². The van der Waals surface area contributed by atoms with Crippen LogP contribution in [0.1, 0.15) is 13.8 Å². The number of carbonyl (C=O) groups excluding carboxylic acids is 1. The van der Waals surface area contributed by atoms with E-state index in [-0.39, 0.29) is 0 Å². The second-order valence-electron chi connectivity index (χ2n) is 1.35. The fraction of sp³-hybridized carbons (Fsp3) is 0.600. The second kappa shape index (κ2) is 3.43. The highest BCUT2D eigenvalue weighted by atomic mass is 16.5. The molecule has 0 amide bonds. The highest BCUT2D eigenvalue weighted by Gasteiger charge is 2.07. The Morgan fingerprint density at radius 1 is 1.88 bits per heavy atom. The van der Waals surface area contributed by atoms with E-state index in [2.05, 4.69) is 4.74 Å². The van der Waals surface area contributed by atoms with Crippen molar-refractivity contribution < 1.29 is 14.6 Å². The van der Waals surface area contributed by atoms with Crippen molar-refractivity contribution in [2.24, 2.45) is 0 Å². The number of carbonyl (C=O) groups is 1. The van der Waals surface area contributed by atoms with Crippen molar-refractivity contribution in [2.75, 3.05) is 0 Å². The molecular formula is C5H9O3. The van der Waals surface area contributed by atoms with E-state index in [1.165, 1.54) is 13.5 Å². The first-order valence-corrected chi connectivity index (χ1v) is 2.35. The number of ether oxygens (including phenoxy) is 1. The van der Waals surface area contributed by atoms with Crippen molar-refractivity contribution in [3.05, 3.63) is 6.61 Å². The van der Waals surface area contributed by atoms with Gasteiger partial charge < -0.3 is 9.84 Å². The van der Waals surface area contributed by atoms with Crippen LogP contribution >= 0.6 is 0 Å². The molecule has 1 radical (unpaired) electrons. The maximum Gasteiger partial charge on any atom is 0.335 e. The Hall–Kier alpha value is -0.570. The maximum absolute atomic E-state index is 10.2. The molecule has 0 saturated heterocycles. The van der Waals surface area contributed by atoms with Crippen molar-refractivity contribution in [1.29, 1.82) is 0 Å². The van der Waals surface area contributed by atoms with E-state index in [4.69, 9.17) is 5.11 Å². The van der Waals surface area contributed by atoms with Gasteiger partial charge in [-0.05, 0) is 13.8 Å². The SMILES string of the molecule is C[CH]OC(=O)[C@@H](C)O. The number of aliphatic hydroxyl groups is 1. The van der Waals surface area contributed by atoms with Gasteiger partial charge in [0.15, 0.2) is 0 Å². The topological polar surface area (TPSA) is 46.5 Å². The van der Waals surface area contributed by atoms with Crippen molar-refractivity contribution in [1.82, 2.24) is 0 Å². The summed E-state index contributed by atoms with van der Waals surface area (Å²) in [4.78, 5) is 10.2. The molecule has 0 aromatic rings. The zero-order valence-electron chi connectivity index (χ0n) is 4.92. The highest BCUT2D eigenvalue weighted by Crippen LogP contribution is 1.87. The van der Waals surface area contributed by atoms with E-state index >= 15 is 0 Å². The molecule has 3 nitrogen and oxygen atoms in total. The molecule has 0 saturated carbocycles. The number of hydrogen-bond acceptors (Lipinski definition) is 3. The van der Waals surface area contributed by atoms with E-state index < -0.39 is 12.1 Å². The molecule has 1 atom stereocenters. The quantitative estimate of drug-likeness (QED) is 0.521. The molecule has 3 heteroatoms. The summed E-state index contributed by atoms with van der Waals surface area (Å²) in [6.07, 6.45) is -1.02. The lowest BCUT2D eigenvalue weighted by molar-refractivity contribution is -0.148. The van der Waals surface area contributed by atoms with Gasteiger partial charge in [0.25, 0.3) is 0 Å². The summed E-state index contributed by atoms with van der Waals surface area (Å²) in [6.45, 7) is 4.15. The summed E-state index contributed by atoms with van der Waals surface area (Å²) < 4.78 is 4.29. The summed E-state index contributed by atoms with van der Waals surface area (Å²) in [5.74, 6) is -0.618. The summed E-state index contributed by atoms with van der Waals surface area (Å²) >= 11 is 0. The number of rotatable bonds is 2. The number of hydrogen-bond donors (Lipinski definition) is 1. The molecule has 0 aromatic carbocycles. The molecular weight excluding hydrogens is 108 g/mol. The monoisotopic (exact) mass is 117 g/mol. The van der Waals surface area contributed by atoms with Crippen LogP contribution in [-0.4, -0.2) is 17.2 Å². The fourth-order valence-electron chi connectivity index (χ4n) is 0.215. The predicted octanol–water partition coefficient (Wildman–Crippen LogP) is 0.0921. The van der Waals surface area contributed by atoms with Gasteiger partial charge in [0.05, 0.1) is 0 Å². The van der Waals surface area contributed by atoms with Crippen molar-refractivity contribution in [3.63, 3.8) is 0 Å². The molecule has 8 heavy (non-hydrogen) atoms. The first-order valence-electron chi connectivity index (χ1n) is 2.35. The van der Waals surface area contributed by atoms with Crippen LogP contribution in [-0.2, 0) is 9.53 Å². The van der Waals surface area contributed by atoms with Crippen LogP contribution < -0.4 is 0 Å². The Morgan fingerprint density at radius 2 is 2.38 bits per heavy atom. The smallest absolute Gasteiger partial charge is 0.335 e. The first kappa shape index (κ1) is 7.43. The molecule has 47 valence electrons. The Balaban J connectivity index is 3.33. The molecule has 1 N–H and O–H groups in total. The van der Waals surface area contributed by atoms with Crippen molar-refractivity contribution in [2.45, 2.75) is 20.0 Å². The predicted molar refractivity (Wildman–Crippen MR) is 27.7 cm³/mol. The van der Waals surface area contributed by atoms with E-state index in [1.54, 1.807) is 6.92 Å². The molecule has 0 aliphatic rings. The van der Waals surface area contributed by atoms with Gasteiger partial charge in [-0.1, -0.05) is 0 Å². The summed E-state index contributed by atoms with van der Waals surface area (Å²) in [7, 11) is 0. The van der Waals surface area contributed by atoms with Gasteiger partial charge in [-0.25, -0.2) is 4.79 Å². The zero-order valence-corrected chi connectivity index (χ0v) is 4.92. The van der Waals surface area contributed by atoms with E-state index in [0.717, 1.165) is 0 Å². The Labute approximate surface area is 48.3 Å². The van der Waals surface area contributed by atoms with Gasteiger partial charge in [-0.3, -0.25) is 0 Å². The lowest BCUT2D eigenvalue weighted by Crippen LogP contribution is -2.17. The van der Waals surface area contributed by atoms with Crippen LogP contribution in [0.2, 0.25) is 0 Å². The third-order valence-corrected chi connectivity index (χ3v) is 0.575. The van der Waals surface area contributed by atoms with Crippen LogP contribution in [0.25, 0.3) is 0 Å². The number of esters is 1. The van der Waals surface area contributed by atoms with Gasteiger partial charge in [0.1, 0.15) is 12.7 Å². The van der Waals surface area contributed by atoms with Crippen LogP contribution in [0, 0.1) is 6.61 Å². The van der Waals surface area contributed by atoms with Gasteiger partial charge >= 0.3 is 5.97 Å². The van der Waals surface area contributed by atoms with Gasteiger partial charge in [-0.2, -0.15) is 0 Å². The van der Waals surface area contributed by atoms with E-state index in [9.17, 15) is 4.79 Å². The summed E-state index contributed by atoms with van der Waals surface area (Å²) in [5, 5.41) is 8.46. The van der Waals surface area contributed by atoms with Crippen molar-refractivity contribution >= 4 is 5.97 Å². The molecule has 0 heterocycles. The highest BCUT2D eigenvalue weighted by molar-refractivity contribution is 5.74. The van der Waals surface area contributed by atoms with Crippen LogP contribution in [0.3, 0.4) is 0 Å². The molecule has 0 aromatic heterocycles. The molecule has 0 rings (SSSR count). The van der Waals surface area contributed by atoms with E-state index in [0.29, 0.717) is 0 Å². The Morgan fingerprint density at radius 3 is 2.50 bits per heavy atom. The third-order valence-electron chi connectivity index (χ3n) is 0.575. The third kappa shape index (κ3) is 2.58. The largest absolute Gasteiger partial charge is 0.457 e. The fourth-order valence-corrected chi connectivity index (χ4v) is 0.215. The second-order valence-corrected chi connectivity index (χ2v) is 1.35. The molecule has 0 unspecified atom stereocenters. The molecule has 0 aliphatic carbocycles. The van der Waals surface area contributed by atoms with Gasteiger partial charge in [0, 0.05) is 0 Å². The number of aliphatic hydroxyl groups excluding tert-OH is 1. The maximum atomic E-state index is 10.2. The molecule has 0 fully saturated rings. The normalized spacial score (nSPS) is 12.9. The Kier molecular flexibility index (Phi) is 3.19. The van der Waals surface area contributed by atoms with Gasteiger partial charge in [-0.15, -0.1) is 0 Å². The molecule has 0 spiro atoms. The standard InChI is InChI=1S/C5H9O3/c1-3-8-5(7)4(2)6/h3-4,6H,1-2H3/t4-/m1/s1. The molecule has 0 bridgehead atoms. The minimum absolute atomic E-state index is 0.618. The lowest BCUT2D eigenvalue weighted by atomic mass is 10.4. The van der Waals surface area contributed by atoms with E-state index in [1.807, 2.05) is 0 Å².